The van der Waals surface area contributed by atoms with Crippen molar-refractivity contribution in [3.8, 4) is 5.69 Å². The number of ether oxygens (including phenoxy) is 1. The van der Waals surface area contributed by atoms with Crippen molar-refractivity contribution < 1.29 is 4.74 Å². The van der Waals surface area contributed by atoms with Gasteiger partial charge in [-0.25, -0.2) is 15.0 Å². The first-order valence-corrected chi connectivity index (χ1v) is 11.5. The Labute approximate surface area is 194 Å². The third-order valence-corrected chi connectivity index (χ3v) is 6.78. The highest BCUT2D eigenvalue weighted by atomic mass is 35.5. The first-order valence-electron chi connectivity index (χ1n) is 11.1. The lowest BCUT2D eigenvalue weighted by atomic mass is 10.2. The Balaban J connectivity index is 1.72. The Bertz CT molecular complexity index is 1620. The van der Waals surface area contributed by atoms with Gasteiger partial charge in [0, 0.05) is 11.6 Å². The summed E-state index contributed by atoms with van der Waals surface area (Å²) in [6.07, 6.45) is 1.98. The van der Waals surface area contributed by atoms with E-state index in [1.54, 1.807) is 4.57 Å². The molecule has 3 aromatic heterocycles. The van der Waals surface area contributed by atoms with E-state index in [0.29, 0.717) is 39.6 Å². The van der Waals surface area contributed by atoms with Gasteiger partial charge in [-0.05, 0) is 56.5 Å². The van der Waals surface area contributed by atoms with Crippen molar-refractivity contribution in [2.75, 3.05) is 6.61 Å². The molecule has 1 aliphatic rings. The van der Waals surface area contributed by atoms with Crippen LogP contribution in [0.15, 0.2) is 47.3 Å². The van der Waals surface area contributed by atoms with E-state index in [4.69, 9.17) is 31.3 Å². The molecule has 166 valence electrons. The van der Waals surface area contributed by atoms with Crippen molar-refractivity contribution in [2.45, 2.75) is 39.3 Å². The lowest BCUT2D eigenvalue weighted by Gasteiger charge is -2.14. The third-order valence-electron chi connectivity index (χ3n) is 6.38. The van der Waals surface area contributed by atoms with E-state index in [-0.39, 0.29) is 11.7 Å². The summed E-state index contributed by atoms with van der Waals surface area (Å²) in [5.74, 6) is 0.634. The molecule has 0 aliphatic carbocycles. The molecule has 2 aromatic carbocycles. The monoisotopic (exact) mass is 459 g/mol. The number of rotatable bonds is 3. The van der Waals surface area contributed by atoms with Gasteiger partial charge in [-0.3, -0.25) is 13.9 Å². The Morgan fingerprint density at radius 2 is 1.85 bits per heavy atom. The first kappa shape index (κ1) is 20.3. The van der Waals surface area contributed by atoms with Crippen molar-refractivity contribution >= 4 is 44.8 Å². The molecule has 0 amide bonds. The molecule has 1 fully saturated rings. The zero-order chi connectivity index (χ0) is 22.7. The fourth-order valence-electron chi connectivity index (χ4n) is 4.60. The summed E-state index contributed by atoms with van der Waals surface area (Å²) in [7, 11) is 0. The second-order valence-corrected chi connectivity index (χ2v) is 8.97. The van der Waals surface area contributed by atoms with Crippen molar-refractivity contribution in [2.24, 2.45) is 0 Å². The van der Waals surface area contributed by atoms with E-state index in [9.17, 15) is 4.79 Å². The minimum Gasteiger partial charge on any atom is -0.376 e. The molecule has 33 heavy (non-hydrogen) atoms. The molecule has 0 unspecified atom stereocenters. The van der Waals surface area contributed by atoms with Crippen LogP contribution in [0.4, 0.5) is 0 Å². The van der Waals surface area contributed by atoms with E-state index in [1.807, 2.05) is 60.9 Å². The molecule has 0 spiro atoms. The molecule has 4 heterocycles. The first-order chi connectivity index (χ1) is 16.0. The van der Waals surface area contributed by atoms with Crippen LogP contribution in [0.25, 0.3) is 38.9 Å². The third kappa shape index (κ3) is 3.22. The molecule has 0 saturated carbocycles. The number of para-hydroxylation sites is 2. The maximum absolute atomic E-state index is 13.8. The Hall–Kier alpha value is -3.29. The zero-order valence-electron chi connectivity index (χ0n) is 18.4. The number of aromatic nitrogens is 5. The van der Waals surface area contributed by atoms with Gasteiger partial charge in [0.15, 0.2) is 11.3 Å². The van der Waals surface area contributed by atoms with E-state index in [0.717, 1.165) is 41.7 Å². The van der Waals surface area contributed by atoms with E-state index in [1.165, 1.54) is 0 Å². The molecular formula is C25H22ClN5O2. The molecule has 8 heteroatoms. The Morgan fingerprint density at radius 3 is 2.58 bits per heavy atom. The van der Waals surface area contributed by atoms with Gasteiger partial charge in [-0.2, -0.15) is 0 Å². The molecule has 1 atom stereocenters. The van der Waals surface area contributed by atoms with Crippen molar-refractivity contribution in [3.63, 3.8) is 0 Å². The van der Waals surface area contributed by atoms with Crippen LogP contribution < -0.4 is 5.56 Å². The largest absolute Gasteiger partial charge is 0.376 e. The Morgan fingerprint density at radius 1 is 1.06 bits per heavy atom. The molecule has 1 aliphatic heterocycles. The van der Waals surface area contributed by atoms with Gasteiger partial charge in [-0.15, -0.1) is 0 Å². The van der Waals surface area contributed by atoms with E-state index >= 15 is 0 Å². The van der Waals surface area contributed by atoms with Gasteiger partial charge in [0.05, 0.1) is 29.4 Å². The van der Waals surface area contributed by atoms with E-state index in [2.05, 4.69) is 0 Å². The number of benzene rings is 2. The highest BCUT2D eigenvalue weighted by molar-refractivity contribution is 6.31. The van der Waals surface area contributed by atoms with Crippen LogP contribution in [-0.4, -0.2) is 36.8 Å². The molecule has 0 bridgehead atoms. The van der Waals surface area contributed by atoms with Crippen LogP contribution in [-0.2, 0) is 11.3 Å². The second-order valence-electron chi connectivity index (χ2n) is 8.56. The van der Waals surface area contributed by atoms with Crippen molar-refractivity contribution in [1.29, 1.82) is 0 Å². The lowest BCUT2D eigenvalue weighted by Crippen LogP contribution is -2.29. The van der Waals surface area contributed by atoms with Gasteiger partial charge in [0.1, 0.15) is 16.7 Å². The summed E-state index contributed by atoms with van der Waals surface area (Å²) in [5.41, 5.74) is 4.78. The van der Waals surface area contributed by atoms with Gasteiger partial charge in [-0.1, -0.05) is 29.8 Å². The lowest BCUT2D eigenvalue weighted by molar-refractivity contribution is 0.0955. The number of nitrogens with zero attached hydrogens (tertiary/aromatic N) is 5. The molecule has 5 aromatic rings. The van der Waals surface area contributed by atoms with Gasteiger partial charge < -0.3 is 4.74 Å². The summed E-state index contributed by atoms with van der Waals surface area (Å²) in [4.78, 5) is 28.4. The molecular weight excluding hydrogens is 438 g/mol. The average molecular weight is 460 g/mol. The average Bonchev–Trinajstić information content (AvgIpc) is 3.42. The number of halogens is 1. The maximum Gasteiger partial charge on any atom is 0.265 e. The molecule has 6 rings (SSSR count). The molecule has 0 radical (unpaired) electrons. The fraction of sp³-hybridized carbons (Fsp3) is 0.280. The highest BCUT2D eigenvalue weighted by Crippen LogP contribution is 2.30. The van der Waals surface area contributed by atoms with Crippen molar-refractivity contribution in [3.05, 3.63) is 69.2 Å². The van der Waals surface area contributed by atoms with Crippen LogP contribution in [0.5, 0.6) is 0 Å². The Kier molecular flexibility index (Phi) is 4.71. The topological polar surface area (TPSA) is 74.8 Å². The smallest absolute Gasteiger partial charge is 0.265 e. The quantitative estimate of drug-likeness (QED) is 0.390. The maximum atomic E-state index is 13.8. The number of aryl methyl sites for hydroxylation is 2. The molecule has 1 saturated heterocycles. The van der Waals surface area contributed by atoms with Crippen LogP contribution in [0.2, 0.25) is 5.02 Å². The SMILES string of the molecule is Cc1ccc(-n2c3nc4ccccc4nc3c3c(=O)n(C[C@@H]4CCCO4)c(C)nc32)cc1Cl. The number of hydrogen-bond donors (Lipinski definition) is 0. The minimum absolute atomic E-state index is 0.0248. The fourth-order valence-corrected chi connectivity index (χ4v) is 4.78. The standard InChI is InChI=1S/C25H22ClN5O2/c1-14-9-10-16(12-18(14)26)31-23-21(22-24(31)29-20-8-4-3-7-19(20)28-22)25(32)30(15(2)27-23)13-17-6-5-11-33-17/h3-4,7-10,12,17H,5-6,11,13H2,1-2H3/t17-/m0/s1. The highest BCUT2D eigenvalue weighted by Gasteiger charge is 2.24. The summed E-state index contributed by atoms with van der Waals surface area (Å²) in [6.45, 7) is 5.03. The van der Waals surface area contributed by atoms with Crippen LogP contribution in [0.3, 0.4) is 0 Å². The van der Waals surface area contributed by atoms with Crippen molar-refractivity contribution in [1.82, 2.24) is 24.1 Å². The van der Waals surface area contributed by atoms with Gasteiger partial charge in [0.25, 0.3) is 5.56 Å². The predicted molar refractivity (Wildman–Crippen MR) is 129 cm³/mol. The van der Waals surface area contributed by atoms with Crippen LogP contribution in [0.1, 0.15) is 24.2 Å². The second kappa shape index (κ2) is 7.64. The van der Waals surface area contributed by atoms with Gasteiger partial charge in [0.2, 0.25) is 0 Å². The number of fused-ring (bicyclic) bond motifs is 4. The summed E-state index contributed by atoms with van der Waals surface area (Å²) in [6, 6.07) is 13.5. The van der Waals surface area contributed by atoms with Gasteiger partial charge >= 0.3 is 0 Å². The summed E-state index contributed by atoms with van der Waals surface area (Å²) in [5, 5.41) is 1.10. The van der Waals surface area contributed by atoms with E-state index < -0.39 is 0 Å². The molecule has 7 nitrogen and oxygen atoms in total. The minimum atomic E-state index is -0.125. The van der Waals surface area contributed by atoms with Crippen LogP contribution in [0, 0.1) is 13.8 Å². The zero-order valence-corrected chi connectivity index (χ0v) is 19.1. The normalized spacial score (nSPS) is 16.4. The number of hydrogen-bond acceptors (Lipinski definition) is 5. The molecule has 0 N–H and O–H groups in total. The van der Waals surface area contributed by atoms with Crippen LogP contribution >= 0.6 is 11.6 Å². The summed E-state index contributed by atoms with van der Waals surface area (Å²) < 4.78 is 9.39. The predicted octanol–water partition coefficient (Wildman–Crippen LogP) is 4.73. The summed E-state index contributed by atoms with van der Waals surface area (Å²) >= 11 is 6.46.